The number of carbonyl (C=O) groups is 2. The van der Waals surface area contributed by atoms with Crippen molar-refractivity contribution in [1.82, 2.24) is 0 Å². The van der Waals surface area contributed by atoms with Gasteiger partial charge in [0.1, 0.15) is 6.10 Å². The summed E-state index contributed by atoms with van der Waals surface area (Å²) < 4.78 is 5.89. The number of esters is 1. The zero-order valence-electron chi connectivity index (χ0n) is 30.6. The van der Waals surface area contributed by atoms with Gasteiger partial charge in [0.05, 0.1) is 0 Å². The third-order valence-electron chi connectivity index (χ3n) is 8.85. The van der Waals surface area contributed by atoms with Gasteiger partial charge in [-0.15, -0.1) is 0 Å². The van der Waals surface area contributed by atoms with Gasteiger partial charge < -0.3 is 9.84 Å². The number of hydrogen-bond donors (Lipinski definition) is 1. The molecule has 4 nitrogen and oxygen atoms in total. The Kier molecular flexibility index (Phi) is 36.1. The molecule has 0 aliphatic rings. The molecule has 268 valence electrons. The Morgan fingerprint density at radius 1 is 0.500 bits per heavy atom. The normalized spacial score (nSPS) is 12.6. The molecule has 0 saturated carbocycles. The number of unbranched alkanes of at least 4 members (excludes halogenated alkanes) is 23. The fourth-order valence-corrected chi connectivity index (χ4v) is 5.87. The van der Waals surface area contributed by atoms with Crippen LogP contribution in [0.2, 0.25) is 0 Å². The van der Waals surface area contributed by atoms with Gasteiger partial charge in [-0.25, -0.2) is 0 Å². The summed E-state index contributed by atoms with van der Waals surface area (Å²) in [6.07, 6.45) is 48.9. The van der Waals surface area contributed by atoms with Gasteiger partial charge in [0.25, 0.3) is 0 Å². The Bertz CT molecular complexity index is 738. The average Bonchev–Trinajstić information content (AvgIpc) is 3.04. The van der Waals surface area contributed by atoms with Crippen LogP contribution in [-0.4, -0.2) is 23.1 Å². The fraction of sp³-hybridized carbons (Fsp3) is 0.810. The van der Waals surface area contributed by atoms with Gasteiger partial charge >= 0.3 is 11.9 Å². The van der Waals surface area contributed by atoms with Crippen LogP contribution in [0.1, 0.15) is 213 Å². The molecule has 0 heterocycles. The van der Waals surface area contributed by atoms with Gasteiger partial charge in [-0.3, -0.25) is 9.59 Å². The van der Waals surface area contributed by atoms with E-state index in [2.05, 4.69) is 50.3 Å². The first kappa shape index (κ1) is 44.2. The predicted octanol–water partition coefficient (Wildman–Crippen LogP) is 13.8. The zero-order chi connectivity index (χ0) is 33.6. The quantitative estimate of drug-likeness (QED) is 0.0419. The van der Waals surface area contributed by atoms with Crippen molar-refractivity contribution in [1.29, 1.82) is 0 Å². The van der Waals surface area contributed by atoms with Crippen molar-refractivity contribution in [2.24, 2.45) is 0 Å². The van der Waals surface area contributed by atoms with E-state index in [1.165, 1.54) is 122 Å². The van der Waals surface area contributed by atoms with E-state index in [1.54, 1.807) is 0 Å². The monoisotopic (exact) mass is 645 g/mol. The predicted molar refractivity (Wildman–Crippen MR) is 199 cm³/mol. The van der Waals surface area contributed by atoms with Crippen molar-refractivity contribution in [3.05, 3.63) is 36.5 Å². The van der Waals surface area contributed by atoms with E-state index in [9.17, 15) is 9.59 Å². The Hall–Kier alpha value is -1.84. The van der Waals surface area contributed by atoms with Gasteiger partial charge in [0.15, 0.2) is 0 Å². The fourth-order valence-electron chi connectivity index (χ4n) is 5.87. The molecule has 1 unspecified atom stereocenters. The van der Waals surface area contributed by atoms with Crippen molar-refractivity contribution in [3.63, 3.8) is 0 Å². The van der Waals surface area contributed by atoms with E-state index >= 15 is 0 Å². The van der Waals surface area contributed by atoms with E-state index in [0.29, 0.717) is 6.42 Å². The highest BCUT2D eigenvalue weighted by atomic mass is 16.5. The molecule has 4 heteroatoms. The van der Waals surface area contributed by atoms with E-state index in [1.807, 2.05) is 0 Å². The Labute approximate surface area is 286 Å². The van der Waals surface area contributed by atoms with Crippen molar-refractivity contribution in [3.8, 4) is 0 Å². The highest BCUT2D eigenvalue weighted by Gasteiger charge is 2.11. The second-order valence-electron chi connectivity index (χ2n) is 13.5. The van der Waals surface area contributed by atoms with Crippen LogP contribution in [-0.2, 0) is 14.3 Å². The lowest BCUT2D eigenvalue weighted by molar-refractivity contribution is -0.147. The maximum Gasteiger partial charge on any atom is 0.306 e. The van der Waals surface area contributed by atoms with Crippen molar-refractivity contribution in [2.45, 2.75) is 219 Å². The van der Waals surface area contributed by atoms with Crippen molar-refractivity contribution < 1.29 is 19.4 Å². The molecule has 0 aromatic rings. The Morgan fingerprint density at radius 3 is 1.43 bits per heavy atom. The molecule has 0 fully saturated rings. The molecule has 0 spiro atoms. The molecule has 0 radical (unpaired) electrons. The lowest BCUT2D eigenvalue weighted by atomic mass is 10.0. The molecule has 0 bridgehead atoms. The molecule has 0 amide bonds. The smallest absolute Gasteiger partial charge is 0.306 e. The van der Waals surface area contributed by atoms with Crippen LogP contribution in [0.15, 0.2) is 36.5 Å². The minimum atomic E-state index is -0.714. The maximum atomic E-state index is 12.6. The summed E-state index contributed by atoms with van der Waals surface area (Å²) in [5.41, 5.74) is 0. The minimum Gasteiger partial charge on any atom is -0.481 e. The topological polar surface area (TPSA) is 63.6 Å². The largest absolute Gasteiger partial charge is 0.481 e. The van der Waals surface area contributed by atoms with E-state index < -0.39 is 5.97 Å². The van der Waals surface area contributed by atoms with E-state index in [0.717, 1.165) is 64.2 Å². The van der Waals surface area contributed by atoms with Crippen molar-refractivity contribution in [2.75, 3.05) is 0 Å². The second-order valence-corrected chi connectivity index (χ2v) is 13.5. The van der Waals surface area contributed by atoms with Gasteiger partial charge in [-0.2, -0.15) is 0 Å². The molecule has 0 aliphatic heterocycles. The summed E-state index contributed by atoms with van der Waals surface area (Å²) >= 11 is 0. The van der Waals surface area contributed by atoms with Crippen LogP contribution in [0.25, 0.3) is 0 Å². The molecule has 1 atom stereocenters. The molecular weight excluding hydrogens is 568 g/mol. The van der Waals surface area contributed by atoms with Crippen LogP contribution < -0.4 is 0 Å². The summed E-state index contributed by atoms with van der Waals surface area (Å²) in [5, 5.41) is 8.80. The SMILES string of the molecule is CCCCC/C=C\C/C=C\C/C=C\C(CCCCCCCC(=O)O)OC(=O)CCCCCCCCCCCCCCCCCCC. The Morgan fingerprint density at radius 2 is 0.913 bits per heavy atom. The average molecular weight is 645 g/mol. The molecule has 46 heavy (non-hydrogen) atoms. The first-order valence-corrected chi connectivity index (χ1v) is 20.0. The van der Waals surface area contributed by atoms with Crippen LogP contribution in [0.5, 0.6) is 0 Å². The maximum absolute atomic E-state index is 12.6. The number of carboxylic acid groups (broad SMARTS) is 1. The van der Waals surface area contributed by atoms with Crippen LogP contribution >= 0.6 is 0 Å². The second kappa shape index (κ2) is 37.6. The Balaban J connectivity index is 4.08. The first-order chi connectivity index (χ1) is 22.6. The number of carboxylic acids is 1. The number of hydrogen-bond acceptors (Lipinski definition) is 3. The molecule has 0 aromatic heterocycles. The van der Waals surface area contributed by atoms with Crippen LogP contribution in [0.4, 0.5) is 0 Å². The molecule has 0 saturated heterocycles. The summed E-state index contributed by atoms with van der Waals surface area (Å²) in [6.45, 7) is 4.52. The molecule has 0 aromatic carbocycles. The van der Waals surface area contributed by atoms with E-state index in [-0.39, 0.29) is 18.5 Å². The first-order valence-electron chi connectivity index (χ1n) is 20.0. The number of carbonyl (C=O) groups excluding carboxylic acids is 1. The lowest BCUT2D eigenvalue weighted by Gasteiger charge is -2.14. The van der Waals surface area contributed by atoms with Gasteiger partial charge in [0.2, 0.25) is 0 Å². The van der Waals surface area contributed by atoms with Crippen LogP contribution in [0, 0.1) is 0 Å². The molecule has 1 N–H and O–H groups in total. The lowest BCUT2D eigenvalue weighted by Crippen LogP contribution is -2.16. The van der Waals surface area contributed by atoms with Gasteiger partial charge in [-0.1, -0.05) is 179 Å². The van der Waals surface area contributed by atoms with Crippen LogP contribution in [0.3, 0.4) is 0 Å². The molecule has 0 rings (SSSR count). The summed E-state index contributed by atoms with van der Waals surface area (Å²) in [4.78, 5) is 23.3. The number of rotatable bonds is 36. The summed E-state index contributed by atoms with van der Waals surface area (Å²) in [6, 6.07) is 0. The van der Waals surface area contributed by atoms with Gasteiger partial charge in [-0.05, 0) is 57.4 Å². The standard InChI is InChI=1S/C42H76O4/c1-3-5-7-9-11-13-15-16-17-18-19-20-22-24-26-31-35-39-42(45)46-40(37-33-29-27-30-34-38-41(43)44)36-32-28-25-23-21-14-12-10-8-6-4-2/h12,14,23,25,32,36,40H,3-11,13,15-22,24,26-31,33-35,37-39H2,1-2H3,(H,43,44)/b14-12-,25-23-,36-32-. The highest BCUT2D eigenvalue weighted by Crippen LogP contribution is 2.16. The number of ether oxygens (including phenoxy) is 1. The third-order valence-corrected chi connectivity index (χ3v) is 8.85. The molecule has 0 aliphatic carbocycles. The van der Waals surface area contributed by atoms with Gasteiger partial charge in [0, 0.05) is 12.8 Å². The molecular formula is C42H76O4. The highest BCUT2D eigenvalue weighted by molar-refractivity contribution is 5.69. The summed E-state index contributed by atoms with van der Waals surface area (Å²) in [5.74, 6) is -0.783. The summed E-state index contributed by atoms with van der Waals surface area (Å²) in [7, 11) is 0. The number of allylic oxidation sites excluding steroid dienone is 5. The third kappa shape index (κ3) is 36.6. The minimum absolute atomic E-state index is 0.0687. The van der Waals surface area contributed by atoms with E-state index in [4.69, 9.17) is 9.84 Å². The van der Waals surface area contributed by atoms with Crippen molar-refractivity contribution >= 4 is 11.9 Å². The zero-order valence-corrected chi connectivity index (χ0v) is 30.6. The number of aliphatic carboxylic acids is 1.